The molecule has 0 aliphatic carbocycles. The molecule has 2 rings (SSSR count). The van der Waals surface area contributed by atoms with Crippen molar-refractivity contribution in [3.8, 4) is 0 Å². The van der Waals surface area contributed by atoms with E-state index in [2.05, 4.69) is 12.8 Å². The summed E-state index contributed by atoms with van der Waals surface area (Å²) in [6.45, 7) is 0. The summed E-state index contributed by atoms with van der Waals surface area (Å²) in [5, 5.41) is 16.7. The predicted molar refractivity (Wildman–Crippen MR) is 69.9 cm³/mol. The number of hydrogen-bond donors (Lipinski definition) is 2. The second-order valence-corrected chi connectivity index (χ2v) is 7.61. The van der Waals surface area contributed by atoms with Crippen LogP contribution in [0.3, 0.4) is 0 Å². The van der Waals surface area contributed by atoms with Gasteiger partial charge in [-0.25, -0.2) is 9.59 Å². The second kappa shape index (κ2) is 11.2. The molecule has 13 nitrogen and oxygen atoms in total. The van der Waals surface area contributed by atoms with Crippen LogP contribution in [0.4, 0.5) is 0 Å². The Morgan fingerprint density at radius 2 is 1.15 bits per heavy atom. The third-order valence-electron chi connectivity index (χ3n) is 2.02. The van der Waals surface area contributed by atoms with E-state index in [0.717, 1.165) is 0 Å². The monoisotopic (exact) mass is 462 g/mol. The van der Waals surface area contributed by atoms with E-state index in [1.165, 1.54) is 49.1 Å². The molecule has 0 aromatic heterocycles. The van der Waals surface area contributed by atoms with Crippen molar-refractivity contribution in [2.24, 2.45) is 0 Å². The predicted octanol–water partition coefficient (Wildman–Crippen LogP) is -3.06. The van der Waals surface area contributed by atoms with Crippen LogP contribution in [0.2, 0.25) is 0 Å². The molecule has 27 heavy (non-hydrogen) atoms. The van der Waals surface area contributed by atoms with E-state index in [-0.39, 0.29) is 11.1 Å². The number of hydrogen-bond acceptors (Lipinski definition) is 11. The molecule has 2 N–H and O–H groups in total. The van der Waals surface area contributed by atoms with Gasteiger partial charge in [-0.1, -0.05) is 0 Å². The van der Waals surface area contributed by atoms with E-state index >= 15 is 0 Å². The van der Waals surface area contributed by atoms with Crippen molar-refractivity contribution in [3.05, 3.63) is 47.9 Å². The molecule has 2 aliphatic heterocycles. The average molecular weight is 462 g/mol. The molecule has 15 heteroatoms. The Hall–Kier alpha value is -2.62. The Labute approximate surface area is 155 Å². The third kappa shape index (κ3) is 14.3. The first-order valence-electron chi connectivity index (χ1n) is 6.21. The molecule has 0 atom stereocenters. The zero-order valence-electron chi connectivity index (χ0n) is 12.9. The van der Waals surface area contributed by atoms with Gasteiger partial charge in [0.1, 0.15) is 0 Å². The van der Waals surface area contributed by atoms with Crippen molar-refractivity contribution in [2.45, 2.75) is 0 Å². The van der Waals surface area contributed by atoms with Crippen LogP contribution in [0, 0.1) is 0 Å². The molecule has 0 aromatic rings. The van der Waals surface area contributed by atoms with E-state index in [0.29, 0.717) is 0 Å². The zero-order chi connectivity index (χ0) is 21.1. The molecule has 146 valence electrons. The Kier molecular flexibility index (Phi) is 10.1. The molecule has 0 spiro atoms. The molecule has 0 unspecified atom stereocenters. The molecule has 2 aliphatic rings. The van der Waals surface area contributed by atoms with Crippen molar-refractivity contribution >= 4 is 24.4 Å². The fraction of sp³-hybridized carbons (Fsp3) is 0. The molecular formula is C12H10Cr2N2O11. The number of allylic oxidation sites excluding steroid dienone is 2. The minimum atomic E-state index is -6.07. The standard InChI is InChI=1S/2C6H5NO2.2Cr.7O/c2*8-6(9)5-1-3-7-4-2-5;;;;;;;;;/h2*1-4H,(H,8,9);;;;;;;;;/q2*+1;;;;;;;;2*-1. The summed E-state index contributed by atoms with van der Waals surface area (Å²) in [6, 6.07) is 0. The number of aliphatic imine (C=N–C) groups is 2. The van der Waals surface area contributed by atoms with Crippen molar-refractivity contribution in [1.29, 1.82) is 0 Å². The quantitative estimate of drug-likeness (QED) is 0.426. The van der Waals surface area contributed by atoms with Crippen molar-refractivity contribution < 1.29 is 73.4 Å². The van der Waals surface area contributed by atoms with Gasteiger partial charge in [-0.3, -0.25) is 0 Å². The fourth-order valence-electron chi connectivity index (χ4n) is 1.09. The first kappa shape index (κ1) is 24.4. The van der Waals surface area contributed by atoms with Gasteiger partial charge in [-0.05, 0) is 0 Å². The molecule has 2 radical (unpaired) electrons. The number of carboxylic acids is 2. The summed E-state index contributed by atoms with van der Waals surface area (Å²) in [5.74, 6) is -1.84. The summed E-state index contributed by atoms with van der Waals surface area (Å²) in [6.07, 6.45) is 11.6. The third-order valence-corrected chi connectivity index (χ3v) is 4.69. The molecule has 2 heterocycles. The van der Waals surface area contributed by atoms with Crippen LogP contribution in [0.1, 0.15) is 0 Å². The summed E-state index contributed by atoms with van der Waals surface area (Å²) in [7, 11) is 0. The molecule has 0 amide bonds. The average Bonchev–Trinajstić information content (AvgIpc) is 2.54. The Balaban J connectivity index is 0.000000376. The van der Waals surface area contributed by atoms with Gasteiger partial charge in [-0.15, -0.1) is 0 Å². The zero-order valence-corrected chi connectivity index (χ0v) is 15.4. The summed E-state index contributed by atoms with van der Waals surface area (Å²) < 4.78 is 58.9. The minimum absolute atomic E-state index is 0.269. The van der Waals surface area contributed by atoms with Crippen LogP contribution >= 0.6 is 0 Å². The summed E-state index contributed by atoms with van der Waals surface area (Å²) in [5.41, 5.74) is 0.537. The van der Waals surface area contributed by atoms with Crippen molar-refractivity contribution in [1.82, 2.24) is 9.98 Å². The first-order valence-corrected chi connectivity index (χ1v) is 10.4. The van der Waals surface area contributed by atoms with Crippen molar-refractivity contribution in [3.63, 3.8) is 0 Å². The molecule has 0 saturated carbocycles. The Morgan fingerprint density at radius 3 is 1.26 bits per heavy atom. The van der Waals surface area contributed by atoms with Gasteiger partial charge in [0.05, 0.1) is 21.1 Å². The van der Waals surface area contributed by atoms with Gasteiger partial charge in [0.2, 0.25) is 24.8 Å². The van der Waals surface area contributed by atoms with Crippen LogP contribution in [-0.2, 0) is 54.9 Å². The van der Waals surface area contributed by atoms with E-state index in [4.69, 9.17) is 10.2 Å². The van der Waals surface area contributed by atoms with Crippen LogP contribution in [0.25, 0.3) is 0 Å². The van der Waals surface area contributed by atoms with Gasteiger partial charge < -0.3 is 10.2 Å². The topological polar surface area (TPSA) is 226 Å². The van der Waals surface area contributed by atoms with E-state index in [1.54, 1.807) is 0 Å². The SMILES string of the molecule is O=C(O)C1=CC=[N+]C=C1.O=C(O)C1=CC=[N+]C=C1.[O]=[Cr](=[O])([O-])[O][Cr](=[O])(=[O])[O-]. The number of carboxylic acid groups (broad SMARTS) is 2. The van der Waals surface area contributed by atoms with Gasteiger partial charge in [0, 0.05) is 24.3 Å². The number of nitrogens with zero attached hydrogens (tertiary/aromatic N) is 2. The normalized spacial score (nSPS) is 14.7. The second-order valence-electron chi connectivity index (χ2n) is 3.97. The van der Waals surface area contributed by atoms with Crippen LogP contribution in [0.15, 0.2) is 47.9 Å². The van der Waals surface area contributed by atoms with Gasteiger partial charge in [0.25, 0.3) is 0 Å². The Morgan fingerprint density at radius 1 is 0.815 bits per heavy atom. The molecule has 0 fully saturated rings. The van der Waals surface area contributed by atoms with Crippen LogP contribution < -0.4 is 18.3 Å². The van der Waals surface area contributed by atoms with Crippen LogP contribution in [0.5, 0.6) is 0 Å². The van der Waals surface area contributed by atoms with Crippen LogP contribution in [-0.4, -0.2) is 34.6 Å². The van der Waals surface area contributed by atoms with Gasteiger partial charge >= 0.3 is 65.5 Å². The van der Waals surface area contributed by atoms with E-state index < -0.39 is 39.2 Å². The maximum atomic E-state index is 10.2. The van der Waals surface area contributed by atoms with Gasteiger partial charge in [-0.2, -0.15) is 0 Å². The molecule has 0 aromatic carbocycles. The molecule has 0 bridgehead atoms. The molecular weight excluding hydrogens is 452 g/mol. The first-order chi connectivity index (χ1) is 12.3. The summed E-state index contributed by atoms with van der Waals surface area (Å²) >= 11 is -12.1. The number of rotatable bonds is 4. The number of aliphatic carboxylic acids is 2. The Bertz CT molecular complexity index is 873. The number of carbonyl (C=O) groups is 2. The van der Waals surface area contributed by atoms with E-state index in [1.807, 2.05) is 0 Å². The summed E-state index contributed by atoms with van der Waals surface area (Å²) in [4.78, 5) is 27.7. The van der Waals surface area contributed by atoms with E-state index in [9.17, 15) is 33.1 Å². The maximum absolute atomic E-state index is 10.2. The fourth-order valence-corrected chi connectivity index (χ4v) is 2.72. The van der Waals surface area contributed by atoms with Gasteiger partial charge in [0.15, 0.2) is 0 Å². The van der Waals surface area contributed by atoms with Crippen molar-refractivity contribution in [2.75, 3.05) is 0 Å². The molecule has 0 saturated heterocycles.